The number of aliphatic hydroxyl groups is 1. The number of aliphatic hydroxyl groups excluding tert-OH is 1. The van der Waals surface area contributed by atoms with Crippen molar-refractivity contribution in [2.75, 3.05) is 19.7 Å². The summed E-state index contributed by atoms with van der Waals surface area (Å²) in [5.74, 6) is 0.552. The SMILES string of the molecule is Cc1cc(C(=O)N2CCC(CO)CC2)ccc1O. The average molecular weight is 249 g/mol. The summed E-state index contributed by atoms with van der Waals surface area (Å²) in [5, 5.41) is 18.5. The van der Waals surface area contributed by atoms with Crippen LogP contribution in [0.5, 0.6) is 5.75 Å². The summed E-state index contributed by atoms with van der Waals surface area (Å²) < 4.78 is 0. The molecule has 1 fully saturated rings. The van der Waals surface area contributed by atoms with Gasteiger partial charge in [-0.3, -0.25) is 4.79 Å². The van der Waals surface area contributed by atoms with Crippen LogP contribution in [0.15, 0.2) is 18.2 Å². The van der Waals surface area contributed by atoms with E-state index < -0.39 is 0 Å². The molecule has 4 nitrogen and oxygen atoms in total. The highest BCUT2D eigenvalue weighted by atomic mass is 16.3. The van der Waals surface area contributed by atoms with Gasteiger partial charge in [-0.15, -0.1) is 0 Å². The third-order valence-electron chi connectivity index (χ3n) is 3.60. The van der Waals surface area contributed by atoms with Gasteiger partial charge in [0, 0.05) is 25.3 Å². The standard InChI is InChI=1S/C14H19NO3/c1-10-8-12(2-3-13(10)17)14(18)15-6-4-11(9-16)5-7-15/h2-3,8,11,16-17H,4-7,9H2,1H3. The lowest BCUT2D eigenvalue weighted by Gasteiger charge is -2.31. The molecule has 1 amide bonds. The van der Waals surface area contributed by atoms with Crippen molar-refractivity contribution in [2.24, 2.45) is 5.92 Å². The Balaban J connectivity index is 2.05. The van der Waals surface area contributed by atoms with Crippen molar-refractivity contribution in [3.63, 3.8) is 0 Å². The Hall–Kier alpha value is -1.55. The molecule has 2 N–H and O–H groups in total. The Morgan fingerprint density at radius 2 is 2.06 bits per heavy atom. The van der Waals surface area contributed by atoms with Crippen LogP contribution in [0.2, 0.25) is 0 Å². The number of rotatable bonds is 2. The maximum absolute atomic E-state index is 12.2. The third kappa shape index (κ3) is 2.64. The molecule has 0 spiro atoms. The van der Waals surface area contributed by atoms with Gasteiger partial charge in [-0.1, -0.05) is 0 Å². The second-order valence-corrected chi connectivity index (χ2v) is 4.92. The van der Waals surface area contributed by atoms with E-state index in [0.29, 0.717) is 30.1 Å². The number of hydrogen-bond donors (Lipinski definition) is 2. The number of phenols is 1. The summed E-state index contributed by atoms with van der Waals surface area (Å²) in [7, 11) is 0. The number of amides is 1. The topological polar surface area (TPSA) is 60.8 Å². The van der Waals surface area contributed by atoms with Gasteiger partial charge in [0.15, 0.2) is 0 Å². The smallest absolute Gasteiger partial charge is 0.253 e. The molecule has 1 aliphatic heterocycles. The van der Waals surface area contributed by atoms with Gasteiger partial charge < -0.3 is 15.1 Å². The molecular weight excluding hydrogens is 230 g/mol. The van der Waals surface area contributed by atoms with E-state index in [1.54, 1.807) is 25.1 Å². The molecule has 98 valence electrons. The van der Waals surface area contributed by atoms with E-state index in [1.165, 1.54) is 0 Å². The number of carbonyl (C=O) groups excluding carboxylic acids is 1. The molecule has 0 bridgehead atoms. The first-order valence-electron chi connectivity index (χ1n) is 6.31. The van der Waals surface area contributed by atoms with Crippen LogP contribution < -0.4 is 0 Å². The molecule has 2 rings (SSSR count). The highest BCUT2D eigenvalue weighted by molar-refractivity contribution is 5.94. The molecule has 0 aromatic heterocycles. The molecule has 1 aliphatic rings. The summed E-state index contributed by atoms with van der Waals surface area (Å²) in [5.41, 5.74) is 1.33. The van der Waals surface area contributed by atoms with Crippen molar-refractivity contribution in [3.8, 4) is 5.75 Å². The highest BCUT2D eigenvalue weighted by Crippen LogP contribution is 2.21. The van der Waals surface area contributed by atoms with E-state index in [-0.39, 0.29) is 18.3 Å². The Morgan fingerprint density at radius 1 is 1.39 bits per heavy atom. The van der Waals surface area contributed by atoms with Crippen LogP contribution in [-0.2, 0) is 0 Å². The van der Waals surface area contributed by atoms with Crippen molar-refractivity contribution in [2.45, 2.75) is 19.8 Å². The van der Waals surface area contributed by atoms with Crippen molar-refractivity contribution in [3.05, 3.63) is 29.3 Å². The van der Waals surface area contributed by atoms with Crippen LogP contribution in [0.4, 0.5) is 0 Å². The van der Waals surface area contributed by atoms with Gasteiger partial charge in [-0.25, -0.2) is 0 Å². The Bertz CT molecular complexity index is 437. The van der Waals surface area contributed by atoms with Crippen molar-refractivity contribution in [1.29, 1.82) is 0 Å². The second kappa shape index (κ2) is 5.40. The normalized spacial score (nSPS) is 16.9. The lowest BCUT2D eigenvalue weighted by molar-refractivity contribution is 0.0651. The van der Waals surface area contributed by atoms with Crippen LogP contribution in [-0.4, -0.2) is 40.7 Å². The largest absolute Gasteiger partial charge is 0.508 e. The summed E-state index contributed by atoms with van der Waals surface area (Å²) >= 11 is 0. The number of aromatic hydroxyl groups is 1. The number of hydrogen-bond acceptors (Lipinski definition) is 3. The monoisotopic (exact) mass is 249 g/mol. The van der Waals surface area contributed by atoms with Gasteiger partial charge >= 0.3 is 0 Å². The van der Waals surface area contributed by atoms with Crippen LogP contribution >= 0.6 is 0 Å². The first-order valence-corrected chi connectivity index (χ1v) is 6.31. The van der Waals surface area contributed by atoms with Gasteiger partial charge in [-0.05, 0) is 49.4 Å². The van der Waals surface area contributed by atoms with E-state index in [1.807, 2.05) is 4.90 Å². The van der Waals surface area contributed by atoms with Crippen LogP contribution in [0.25, 0.3) is 0 Å². The zero-order chi connectivity index (χ0) is 13.1. The van der Waals surface area contributed by atoms with E-state index in [9.17, 15) is 9.90 Å². The first kappa shape index (κ1) is 12.9. The number of benzene rings is 1. The van der Waals surface area contributed by atoms with Gasteiger partial charge in [0.2, 0.25) is 0 Å². The number of nitrogens with zero attached hydrogens (tertiary/aromatic N) is 1. The Morgan fingerprint density at radius 3 is 2.61 bits per heavy atom. The fourth-order valence-corrected chi connectivity index (χ4v) is 2.29. The fourth-order valence-electron chi connectivity index (χ4n) is 2.29. The summed E-state index contributed by atoms with van der Waals surface area (Å²) in [6.07, 6.45) is 1.72. The van der Waals surface area contributed by atoms with E-state index in [0.717, 1.165) is 12.8 Å². The zero-order valence-electron chi connectivity index (χ0n) is 10.6. The minimum Gasteiger partial charge on any atom is -0.508 e. The van der Waals surface area contributed by atoms with Crippen LogP contribution in [0.3, 0.4) is 0 Å². The third-order valence-corrected chi connectivity index (χ3v) is 3.60. The molecule has 1 saturated heterocycles. The van der Waals surface area contributed by atoms with Crippen molar-refractivity contribution < 1.29 is 15.0 Å². The molecule has 0 unspecified atom stereocenters. The maximum atomic E-state index is 12.2. The van der Waals surface area contributed by atoms with Crippen molar-refractivity contribution in [1.82, 2.24) is 4.90 Å². The summed E-state index contributed by atoms with van der Waals surface area (Å²) in [6.45, 7) is 3.39. The number of carbonyl (C=O) groups is 1. The molecular formula is C14H19NO3. The fraction of sp³-hybridized carbons (Fsp3) is 0.500. The van der Waals surface area contributed by atoms with Crippen molar-refractivity contribution >= 4 is 5.91 Å². The van der Waals surface area contributed by atoms with Gasteiger partial charge in [0.05, 0.1) is 0 Å². The molecule has 0 saturated carbocycles. The van der Waals surface area contributed by atoms with Gasteiger partial charge in [0.25, 0.3) is 5.91 Å². The highest BCUT2D eigenvalue weighted by Gasteiger charge is 2.23. The Labute approximate surface area is 107 Å². The van der Waals surface area contributed by atoms with Gasteiger partial charge in [-0.2, -0.15) is 0 Å². The molecule has 0 radical (unpaired) electrons. The maximum Gasteiger partial charge on any atom is 0.253 e. The minimum absolute atomic E-state index is 0.00879. The molecule has 1 heterocycles. The molecule has 0 atom stereocenters. The number of likely N-dealkylation sites (tertiary alicyclic amines) is 1. The van der Waals surface area contributed by atoms with Crippen LogP contribution in [0.1, 0.15) is 28.8 Å². The van der Waals surface area contributed by atoms with Crippen LogP contribution in [0, 0.1) is 12.8 Å². The quantitative estimate of drug-likeness (QED) is 0.836. The lowest BCUT2D eigenvalue weighted by Crippen LogP contribution is -2.39. The number of aryl methyl sites for hydroxylation is 1. The second-order valence-electron chi connectivity index (χ2n) is 4.92. The summed E-state index contributed by atoms with van der Waals surface area (Å²) in [6, 6.07) is 4.93. The molecule has 18 heavy (non-hydrogen) atoms. The summed E-state index contributed by atoms with van der Waals surface area (Å²) in [4.78, 5) is 14.1. The zero-order valence-corrected chi connectivity index (χ0v) is 10.6. The average Bonchev–Trinajstić information content (AvgIpc) is 2.41. The first-order chi connectivity index (χ1) is 8.61. The molecule has 1 aromatic rings. The Kier molecular flexibility index (Phi) is 3.87. The molecule has 1 aromatic carbocycles. The van der Waals surface area contributed by atoms with E-state index in [2.05, 4.69) is 0 Å². The molecule has 0 aliphatic carbocycles. The van der Waals surface area contributed by atoms with E-state index >= 15 is 0 Å². The lowest BCUT2D eigenvalue weighted by atomic mass is 9.97. The number of phenolic OH excluding ortho intramolecular Hbond substituents is 1. The van der Waals surface area contributed by atoms with E-state index in [4.69, 9.17) is 5.11 Å². The predicted octanol–water partition coefficient (Wildman–Crippen LogP) is 1.55. The minimum atomic E-state index is 0.00879. The number of piperidine rings is 1. The predicted molar refractivity (Wildman–Crippen MR) is 68.6 cm³/mol. The molecule has 4 heteroatoms. The van der Waals surface area contributed by atoms with Gasteiger partial charge in [0.1, 0.15) is 5.75 Å².